The highest BCUT2D eigenvalue weighted by atomic mass is 16.3. The molecule has 2 rings (SSSR count). The summed E-state index contributed by atoms with van der Waals surface area (Å²) in [5.41, 5.74) is 1.29. The summed E-state index contributed by atoms with van der Waals surface area (Å²) in [5.74, 6) is 0. The molecule has 1 aliphatic heterocycles. The van der Waals surface area contributed by atoms with E-state index in [1.807, 2.05) is 18.2 Å². The van der Waals surface area contributed by atoms with Crippen LogP contribution in [0.15, 0.2) is 30.3 Å². The molecule has 0 bridgehead atoms. The van der Waals surface area contributed by atoms with E-state index in [-0.39, 0.29) is 12.1 Å². The zero-order valence-corrected chi connectivity index (χ0v) is 7.61. The minimum Gasteiger partial charge on any atom is -0.391 e. The molecule has 0 saturated carbocycles. The van der Waals surface area contributed by atoms with Gasteiger partial charge in [0.2, 0.25) is 0 Å². The van der Waals surface area contributed by atoms with Gasteiger partial charge in [0.1, 0.15) is 0 Å². The lowest BCUT2D eigenvalue weighted by molar-refractivity contribution is 0.159. The fourth-order valence-electron chi connectivity index (χ4n) is 1.83. The highest BCUT2D eigenvalue weighted by Crippen LogP contribution is 2.12. The Morgan fingerprint density at radius 2 is 2.08 bits per heavy atom. The number of aliphatic hydroxyl groups excluding tert-OH is 1. The van der Waals surface area contributed by atoms with Gasteiger partial charge in [0.05, 0.1) is 6.10 Å². The minimum atomic E-state index is -0.166. The van der Waals surface area contributed by atoms with Gasteiger partial charge in [0.15, 0.2) is 0 Å². The van der Waals surface area contributed by atoms with E-state index in [4.69, 9.17) is 0 Å². The molecular formula is C11H15NO. The molecule has 1 saturated heterocycles. The molecule has 2 atom stereocenters. The lowest BCUT2D eigenvalue weighted by Crippen LogP contribution is -2.32. The van der Waals surface area contributed by atoms with Crippen LogP contribution in [0.1, 0.15) is 12.0 Å². The standard InChI is InChI=1S/C11H15NO/c13-11-6-7-12-10(11)8-9-4-2-1-3-5-9/h1-5,10-13H,6-8H2/t10-,11?/m0/s1. The van der Waals surface area contributed by atoms with E-state index in [0.29, 0.717) is 0 Å². The SMILES string of the molecule is OC1CCN[C@H]1Cc1ccccc1. The lowest BCUT2D eigenvalue weighted by atomic mass is 10.0. The van der Waals surface area contributed by atoms with Crippen LogP contribution in [0.3, 0.4) is 0 Å². The summed E-state index contributed by atoms with van der Waals surface area (Å²) in [7, 11) is 0. The minimum absolute atomic E-state index is 0.166. The third kappa shape index (κ3) is 2.08. The monoisotopic (exact) mass is 177 g/mol. The van der Waals surface area contributed by atoms with Gasteiger partial charge in [-0.25, -0.2) is 0 Å². The van der Waals surface area contributed by atoms with E-state index in [2.05, 4.69) is 17.4 Å². The smallest absolute Gasteiger partial charge is 0.0708 e. The van der Waals surface area contributed by atoms with Crippen molar-refractivity contribution in [1.29, 1.82) is 0 Å². The van der Waals surface area contributed by atoms with Crippen LogP contribution in [-0.4, -0.2) is 23.8 Å². The lowest BCUT2D eigenvalue weighted by Gasteiger charge is -2.14. The number of aliphatic hydroxyl groups is 1. The summed E-state index contributed by atoms with van der Waals surface area (Å²) in [6.07, 6.45) is 1.65. The number of rotatable bonds is 2. The largest absolute Gasteiger partial charge is 0.391 e. The molecule has 1 fully saturated rings. The average molecular weight is 177 g/mol. The van der Waals surface area contributed by atoms with Gasteiger partial charge in [-0.3, -0.25) is 0 Å². The van der Waals surface area contributed by atoms with Gasteiger partial charge < -0.3 is 10.4 Å². The molecule has 2 N–H and O–H groups in total. The van der Waals surface area contributed by atoms with Gasteiger partial charge in [-0.2, -0.15) is 0 Å². The Morgan fingerprint density at radius 3 is 2.69 bits per heavy atom. The van der Waals surface area contributed by atoms with Gasteiger partial charge in [0.25, 0.3) is 0 Å². The maximum atomic E-state index is 9.59. The van der Waals surface area contributed by atoms with Crippen LogP contribution in [0.4, 0.5) is 0 Å². The Morgan fingerprint density at radius 1 is 1.31 bits per heavy atom. The molecule has 1 unspecified atom stereocenters. The Labute approximate surface area is 78.6 Å². The molecule has 0 aromatic heterocycles. The van der Waals surface area contributed by atoms with Gasteiger partial charge >= 0.3 is 0 Å². The molecule has 0 aliphatic carbocycles. The van der Waals surface area contributed by atoms with Crippen LogP contribution in [0.2, 0.25) is 0 Å². The first-order valence-corrected chi connectivity index (χ1v) is 4.81. The van der Waals surface area contributed by atoms with Crippen molar-refractivity contribution >= 4 is 0 Å². The third-order valence-electron chi connectivity index (χ3n) is 2.61. The first-order valence-electron chi connectivity index (χ1n) is 4.81. The Kier molecular flexibility index (Phi) is 2.62. The highest BCUT2D eigenvalue weighted by Gasteiger charge is 2.24. The topological polar surface area (TPSA) is 32.3 Å². The van der Waals surface area contributed by atoms with Crippen molar-refractivity contribution in [3.63, 3.8) is 0 Å². The average Bonchev–Trinajstić information content (AvgIpc) is 2.54. The maximum absolute atomic E-state index is 9.59. The second-order valence-electron chi connectivity index (χ2n) is 3.61. The van der Waals surface area contributed by atoms with Crippen molar-refractivity contribution < 1.29 is 5.11 Å². The van der Waals surface area contributed by atoms with Gasteiger partial charge in [-0.05, 0) is 24.9 Å². The maximum Gasteiger partial charge on any atom is 0.0708 e. The molecule has 13 heavy (non-hydrogen) atoms. The molecule has 70 valence electrons. The molecule has 2 nitrogen and oxygen atoms in total. The number of hydrogen-bond donors (Lipinski definition) is 2. The first-order chi connectivity index (χ1) is 6.36. The van der Waals surface area contributed by atoms with E-state index in [9.17, 15) is 5.11 Å². The van der Waals surface area contributed by atoms with Gasteiger partial charge in [0, 0.05) is 6.04 Å². The van der Waals surface area contributed by atoms with Gasteiger partial charge in [-0.1, -0.05) is 30.3 Å². The van der Waals surface area contributed by atoms with Crippen LogP contribution < -0.4 is 5.32 Å². The molecule has 1 aromatic rings. The summed E-state index contributed by atoms with van der Waals surface area (Å²) in [6.45, 7) is 0.943. The first kappa shape index (κ1) is 8.73. The molecule has 1 aliphatic rings. The van der Waals surface area contributed by atoms with Crippen molar-refractivity contribution in [3.05, 3.63) is 35.9 Å². The normalized spacial score (nSPS) is 27.8. The van der Waals surface area contributed by atoms with E-state index in [0.717, 1.165) is 19.4 Å². The van der Waals surface area contributed by atoms with Gasteiger partial charge in [-0.15, -0.1) is 0 Å². The summed E-state index contributed by atoms with van der Waals surface area (Å²) in [4.78, 5) is 0. The highest BCUT2D eigenvalue weighted by molar-refractivity contribution is 5.16. The van der Waals surface area contributed by atoms with E-state index < -0.39 is 0 Å². The van der Waals surface area contributed by atoms with Crippen LogP contribution >= 0.6 is 0 Å². The number of hydrogen-bond acceptors (Lipinski definition) is 2. The second kappa shape index (κ2) is 3.90. The van der Waals surface area contributed by atoms with Crippen LogP contribution in [-0.2, 0) is 6.42 Å². The zero-order valence-electron chi connectivity index (χ0n) is 7.61. The van der Waals surface area contributed by atoms with Crippen molar-refractivity contribution in [2.24, 2.45) is 0 Å². The number of benzene rings is 1. The third-order valence-corrected chi connectivity index (χ3v) is 2.61. The summed E-state index contributed by atoms with van der Waals surface area (Å²) in [6, 6.07) is 10.6. The van der Waals surface area contributed by atoms with Crippen LogP contribution in [0, 0.1) is 0 Å². The fraction of sp³-hybridized carbons (Fsp3) is 0.455. The van der Waals surface area contributed by atoms with Crippen LogP contribution in [0.5, 0.6) is 0 Å². The summed E-state index contributed by atoms with van der Waals surface area (Å²) in [5, 5.41) is 12.9. The quantitative estimate of drug-likeness (QED) is 0.705. The van der Waals surface area contributed by atoms with Crippen molar-refractivity contribution in [2.45, 2.75) is 25.0 Å². The molecule has 0 amide bonds. The Bertz CT molecular complexity index is 260. The zero-order chi connectivity index (χ0) is 9.10. The second-order valence-corrected chi connectivity index (χ2v) is 3.61. The molecule has 2 heteroatoms. The van der Waals surface area contributed by atoms with Crippen molar-refractivity contribution in [2.75, 3.05) is 6.54 Å². The Balaban J connectivity index is 1.98. The Hall–Kier alpha value is -0.860. The molecule has 0 radical (unpaired) electrons. The van der Waals surface area contributed by atoms with E-state index >= 15 is 0 Å². The van der Waals surface area contributed by atoms with Crippen molar-refractivity contribution in [3.8, 4) is 0 Å². The fourth-order valence-corrected chi connectivity index (χ4v) is 1.83. The van der Waals surface area contributed by atoms with E-state index in [1.54, 1.807) is 0 Å². The molecule has 1 aromatic carbocycles. The predicted octanol–water partition coefficient (Wildman–Crippen LogP) is 0.952. The molecule has 0 spiro atoms. The number of nitrogens with one attached hydrogen (secondary N) is 1. The molecular weight excluding hydrogens is 162 g/mol. The predicted molar refractivity (Wildman–Crippen MR) is 52.6 cm³/mol. The van der Waals surface area contributed by atoms with E-state index in [1.165, 1.54) is 5.56 Å². The summed E-state index contributed by atoms with van der Waals surface area (Å²) < 4.78 is 0. The van der Waals surface area contributed by atoms with Crippen LogP contribution in [0.25, 0.3) is 0 Å². The van der Waals surface area contributed by atoms with Crippen molar-refractivity contribution in [1.82, 2.24) is 5.32 Å². The molecule has 1 heterocycles. The summed E-state index contributed by atoms with van der Waals surface area (Å²) >= 11 is 0.